The SMILES string of the molecule is CCCC/C=C\CCOc1cnc(-c2ccc(CCCCCCOCCC)cc2)nc1. The molecule has 0 saturated heterocycles. The number of unbranched alkanes of at least 4 members (excludes halogenated alkanes) is 5. The number of aromatic nitrogens is 2. The van der Waals surface area contributed by atoms with Crippen molar-refractivity contribution in [2.24, 2.45) is 0 Å². The first-order valence-electron chi connectivity index (χ1n) is 12.1. The molecule has 4 nitrogen and oxygen atoms in total. The molecular weight excluding hydrogens is 384 g/mol. The Morgan fingerprint density at radius 1 is 0.742 bits per heavy atom. The van der Waals surface area contributed by atoms with E-state index in [9.17, 15) is 0 Å². The lowest BCUT2D eigenvalue weighted by Crippen LogP contribution is -1.98. The first-order valence-corrected chi connectivity index (χ1v) is 12.1. The summed E-state index contributed by atoms with van der Waals surface area (Å²) >= 11 is 0. The Morgan fingerprint density at radius 3 is 2.23 bits per heavy atom. The van der Waals surface area contributed by atoms with Crippen LogP contribution in [-0.2, 0) is 11.2 Å². The van der Waals surface area contributed by atoms with Gasteiger partial charge in [-0.15, -0.1) is 0 Å². The van der Waals surface area contributed by atoms with Crippen LogP contribution in [-0.4, -0.2) is 29.8 Å². The van der Waals surface area contributed by atoms with Gasteiger partial charge in [-0.05, 0) is 44.1 Å². The molecule has 0 amide bonds. The number of aryl methyl sites for hydroxylation is 1. The number of nitrogens with zero attached hydrogens (tertiary/aromatic N) is 2. The quantitative estimate of drug-likeness (QED) is 0.199. The maximum absolute atomic E-state index is 5.73. The number of benzene rings is 1. The fourth-order valence-electron chi connectivity index (χ4n) is 3.30. The molecule has 0 N–H and O–H groups in total. The largest absolute Gasteiger partial charge is 0.490 e. The van der Waals surface area contributed by atoms with Crippen molar-refractivity contribution in [3.63, 3.8) is 0 Å². The van der Waals surface area contributed by atoms with Gasteiger partial charge in [0.15, 0.2) is 11.6 Å². The number of rotatable bonds is 17. The molecule has 0 bridgehead atoms. The van der Waals surface area contributed by atoms with Gasteiger partial charge in [0.1, 0.15) is 0 Å². The molecule has 2 rings (SSSR count). The van der Waals surface area contributed by atoms with Gasteiger partial charge in [0.25, 0.3) is 0 Å². The van der Waals surface area contributed by atoms with E-state index in [4.69, 9.17) is 9.47 Å². The Labute approximate surface area is 189 Å². The summed E-state index contributed by atoms with van der Waals surface area (Å²) in [7, 11) is 0. The predicted molar refractivity (Wildman–Crippen MR) is 130 cm³/mol. The third-order valence-corrected chi connectivity index (χ3v) is 5.14. The minimum absolute atomic E-state index is 0.659. The van der Waals surface area contributed by atoms with Crippen LogP contribution >= 0.6 is 0 Å². The zero-order valence-corrected chi connectivity index (χ0v) is 19.5. The van der Waals surface area contributed by atoms with Gasteiger partial charge in [0.2, 0.25) is 0 Å². The van der Waals surface area contributed by atoms with Crippen molar-refractivity contribution >= 4 is 0 Å². The fourth-order valence-corrected chi connectivity index (χ4v) is 3.30. The van der Waals surface area contributed by atoms with E-state index >= 15 is 0 Å². The van der Waals surface area contributed by atoms with Crippen molar-refractivity contribution in [1.82, 2.24) is 9.97 Å². The fraction of sp³-hybridized carbons (Fsp3) is 0.556. The molecule has 0 atom stereocenters. The van der Waals surface area contributed by atoms with E-state index in [-0.39, 0.29) is 0 Å². The van der Waals surface area contributed by atoms with Gasteiger partial charge in [-0.2, -0.15) is 0 Å². The predicted octanol–water partition coefficient (Wildman–Crippen LogP) is 7.19. The Balaban J connectivity index is 1.66. The van der Waals surface area contributed by atoms with Gasteiger partial charge in [0.05, 0.1) is 19.0 Å². The standard InChI is InChI=1S/C27H40N2O2/c1-3-5-6-7-9-13-21-31-26-22-28-27(29-23-26)25-17-15-24(16-18-25)14-11-8-10-12-20-30-19-4-2/h7,9,15-18,22-23H,3-6,8,10-14,19-21H2,1-2H3/b9-7-. The second kappa shape index (κ2) is 16.5. The molecule has 4 heteroatoms. The minimum atomic E-state index is 0.659. The molecule has 0 aliphatic heterocycles. The van der Waals surface area contributed by atoms with E-state index < -0.39 is 0 Å². The highest BCUT2D eigenvalue weighted by molar-refractivity contribution is 5.55. The number of ether oxygens (including phenoxy) is 2. The molecule has 0 spiro atoms. The lowest BCUT2D eigenvalue weighted by Gasteiger charge is -2.06. The topological polar surface area (TPSA) is 44.2 Å². The normalized spacial score (nSPS) is 11.3. The zero-order valence-electron chi connectivity index (χ0n) is 19.5. The molecule has 0 aliphatic carbocycles. The third-order valence-electron chi connectivity index (χ3n) is 5.14. The summed E-state index contributed by atoms with van der Waals surface area (Å²) in [6.07, 6.45) is 19.7. The molecule has 1 aromatic carbocycles. The highest BCUT2D eigenvalue weighted by Gasteiger charge is 2.03. The van der Waals surface area contributed by atoms with Crippen LogP contribution in [0, 0.1) is 0 Å². The van der Waals surface area contributed by atoms with E-state index in [1.54, 1.807) is 12.4 Å². The molecule has 170 valence electrons. The average Bonchev–Trinajstić information content (AvgIpc) is 2.81. The van der Waals surface area contributed by atoms with Crippen molar-refractivity contribution in [3.05, 3.63) is 54.4 Å². The van der Waals surface area contributed by atoms with E-state index in [2.05, 4.69) is 60.2 Å². The van der Waals surface area contributed by atoms with Crippen molar-refractivity contribution in [1.29, 1.82) is 0 Å². The summed E-state index contributed by atoms with van der Waals surface area (Å²) in [4.78, 5) is 8.94. The number of allylic oxidation sites excluding steroid dienone is 1. The van der Waals surface area contributed by atoms with Gasteiger partial charge in [0, 0.05) is 18.8 Å². The molecule has 31 heavy (non-hydrogen) atoms. The van der Waals surface area contributed by atoms with Gasteiger partial charge >= 0.3 is 0 Å². The van der Waals surface area contributed by atoms with E-state index in [1.165, 1.54) is 44.1 Å². The third kappa shape index (κ3) is 11.1. The van der Waals surface area contributed by atoms with Crippen molar-refractivity contribution in [2.45, 2.75) is 78.1 Å². The average molecular weight is 425 g/mol. The lowest BCUT2D eigenvalue weighted by molar-refractivity contribution is 0.130. The monoisotopic (exact) mass is 424 g/mol. The van der Waals surface area contributed by atoms with Crippen LogP contribution < -0.4 is 4.74 Å². The van der Waals surface area contributed by atoms with E-state index in [1.807, 2.05) is 0 Å². The van der Waals surface area contributed by atoms with Gasteiger partial charge in [-0.3, -0.25) is 0 Å². The van der Waals surface area contributed by atoms with E-state index in [0.717, 1.165) is 56.0 Å². The van der Waals surface area contributed by atoms with Crippen molar-refractivity contribution in [3.8, 4) is 17.1 Å². The van der Waals surface area contributed by atoms with Crippen molar-refractivity contribution < 1.29 is 9.47 Å². The number of hydrogen-bond donors (Lipinski definition) is 0. The Kier molecular flexibility index (Phi) is 13.3. The Bertz CT molecular complexity index is 711. The number of hydrogen-bond acceptors (Lipinski definition) is 4. The van der Waals surface area contributed by atoms with Crippen LogP contribution in [0.4, 0.5) is 0 Å². The Hall–Kier alpha value is -2.20. The first-order chi connectivity index (χ1) is 15.3. The van der Waals surface area contributed by atoms with Crippen LogP contribution in [0.2, 0.25) is 0 Å². The highest BCUT2D eigenvalue weighted by Crippen LogP contribution is 2.18. The van der Waals surface area contributed by atoms with Crippen LogP contribution in [0.25, 0.3) is 11.4 Å². The second-order valence-corrected chi connectivity index (χ2v) is 7.97. The lowest BCUT2D eigenvalue weighted by atomic mass is 10.0. The molecule has 0 fully saturated rings. The maximum atomic E-state index is 5.73. The molecule has 0 radical (unpaired) electrons. The van der Waals surface area contributed by atoms with Gasteiger partial charge in [-0.1, -0.05) is 75.9 Å². The minimum Gasteiger partial charge on any atom is -0.490 e. The summed E-state index contributed by atoms with van der Waals surface area (Å²) in [6.45, 7) is 6.82. The van der Waals surface area contributed by atoms with Crippen molar-refractivity contribution in [2.75, 3.05) is 19.8 Å². The van der Waals surface area contributed by atoms with Crippen LogP contribution in [0.5, 0.6) is 5.75 Å². The van der Waals surface area contributed by atoms with Crippen LogP contribution in [0.15, 0.2) is 48.8 Å². The van der Waals surface area contributed by atoms with Crippen LogP contribution in [0.3, 0.4) is 0 Å². The maximum Gasteiger partial charge on any atom is 0.159 e. The van der Waals surface area contributed by atoms with Gasteiger partial charge in [-0.25, -0.2) is 9.97 Å². The summed E-state index contributed by atoms with van der Waals surface area (Å²) in [5.41, 5.74) is 2.42. The second-order valence-electron chi connectivity index (χ2n) is 7.97. The summed E-state index contributed by atoms with van der Waals surface area (Å²) in [5.74, 6) is 1.47. The molecule has 1 aromatic heterocycles. The molecule has 0 aliphatic rings. The molecule has 0 unspecified atom stereocenters. The van der Waals surface area contributed by atoms with Gasteiger partial charge < -0.3 is 9.47 Å². The Morgan fingerprint density at radius 2 is 1.48 bits per heavy atom. The molecule has 2 aromatic rings. The summed E-state index contributed by atoms with van der Waals surface area (Å²) in [5, 5.41) is 0. The molecule has 1 heterocycles. The first kappa shape index (κ1) is 25.1. The summed E-state index contributed by atoms with van der Waals surface area (Å²) in [6, 6.07) is 8.62. The smallest absolute Gasteiger partial charge is 0.159 e. The van der Waals surface area contributed by atoms with Crippen LogP contribution in [0.1, 0.15) is 77.2 Å². The zero-order chi connectivity index (χ0) is 22.0. The highest BCUT2D eigenvalue weighted by atomic mass is 16.5. The van der Waals surface area contributed by atoms with E-state index in [0.29, 0.717) is 6.61 Å². The molecular formula is C27H40N2O2. The summed E-state index contributed by atoms with van der Waals surface area (Å²) < 4.78 is 11.3. The molecule has 0 saturated carbocycles.